The van der Waals surface area contributed by atoms with Crippen LogP contribution in [0, 0.1) is 12.3 Å². The van der Waals surface area contributed by atoms with Crippen molar-refractivity contribution < 1.29 is 13.5 Å². The summed E-state index contributed by atoms with van der Waals surface area (Å²) >= 11 is 5.93. The molecular weight excluding hydrogens is 274 g/mol. The van der Waals surface area contributed by atoms with Gasteiger partial charge in [0.2, 0.25) is 10.0 Å². The Balaban J connectivity index is 2.94. The number of hydrogen-bond donors (Lipinski definition) is 2. The lowest BCUT2D eigenvalue weighted by molar-refractivity contribution is 0.163. The first kappa shape index (κ1) is 15.4. The predicted molar refractivity (Wildman–Crippen MR) is 72.2 cm³/mol. The highest BCUT2D eigenvalue weighted by atomic mass is 35.5. The smallest absolute Gasteiger partial charge is 0.242 e. The number of aliphatic hydroxyl groups is 1. The second kappa shape index (κ2) is 5.57. The zero-order valence-electron chi connectivity index (χ0n) is 10.7. The molecule has 0 saturated carbocycles. The zero-order valence-corrected chi connectivity index (χ0v) is 12.3. The molecule has 0 bridgehead atoms. The Bertz CT molecular complexity index is 526. The second-order valence-electron chi connectivity index (χ2n) is 5.08. The standard InChI is InChI=1S/C12H18ClNO3S/c1-9-4-5-11(10(13)6-9)18(16,17)14-7-12(2,3)8-15/h4-6,14-15H,7-8H2,1-3H3. The van der Waals surface area contributed by atoms with Gasteiger partial charge in [-0.1, -0.05) is 31.5 Å². The Morgan fingerprint density at radius 3 is 2.50 bits per heavy atom. The topological polar surface area (TPSA) is 66.4 Å². The number of aryl methyl sites for hydroxylation is 1. The van der Waals surface area contributed by atoms with Crippen LogP contribution in [0.2, 0.25) is 5.02 Å². The minimum absolute atomic E-state index is 0.0588. The monoisotopic (exact) mass is 291 g/mol. The van der Waals surface area contributed by atoms with Crippen molar-refractivity contribution in [1.82, 2.24) is 4.72 Å². The molecule has 0 aromatic heterocycles. The molecule has 4 nitrogen and oxygen atoms in total. The van der Waals surface area contributed by atoms with E-state index in [-0.39, 0.29) is 23.1 Å². The van der Waals surface area contributed by atoms with Crippen molar-refractivity contribution in [2.75, 3.05) is 13.2 Å². The van der Waals surface area contributed by atoms with E-state index in [9.17, 15) is 8.42 Å². The fraction of sp³-hybridized carbons (Fsp3) is 0.500. The minimum atomic E-state index is -3.64. The summed E-state index contributed by atoms with van der Waals surface area (Å²) in [7, 11) is -3.64. The fourth-order valence-electron chi connectivity index (χ4n) is 1.25. The molecule has 0 spiro atoms. The molecule has 0 unspecified atom stereocenters. The van der Waals surface area contributed by atoms with Gasteiger partial charge in [0.15, 0.2) is 0 Å². The highest BCUT2D eigenvalue weighted by Gasteiger charge is 2.23. The molecule has 1 aromatic rings. The van der Waals surface area contributed by atoms with E-state index < -0.39 is 15.4 Å². The van der Waals surface area contributed by atoms with Gasteiger partial charge >= 0.3 is 0 Å². The molecule has 1 rings (SSSR count). The van der Waals surface area contributed by atoms with E-state index in [2.05, 4.69) is 4.72 Å². The first-order valence-electron chi connectivity index (χ1n) is 5.55. The normalized spacial score (nSPS) is 12.7. The van der Waals surface area contributed by atoms with Crippen molar-refractivity contribution in [3.8, 4) is 0 Å². The van der Waals surface area contributed by atoms with Gasteiger partial charge in [0.25, 0.3) is 0 Å². The summed E-state index contributed by atoms with van der Waals surface area (Å²) in [5, 5.41) is 9.29. The second-order valence-corrected chi connectivity index (χ2v) is 7.22. The Labute approximate surface area is 113 Å². The van der Waals surface area contributed by atoms with Gasteiger partial charge in [-0.15, -0.1) is 0 Å². The summed E-state index contributed by atoms with van der Waals surface area (Å²) in [6, 6.07) is 4.77. The van der Waals surface area contributed by atoms with Gasteiger partial charge in [-0.2, -0.15) is 0 Å². The molecule has 0 amide bonds. The van der Waals surface area contributed by atoms with Crippen molar-refractivity contribution in [3.05, 3.63) is 28.8 Å². The largest absolute Gasteiger partial charge is 0.396 e. The van der Waals surface area contributed by atoms with Crippen molar-refractivity contribution in [3.63, 3.8) is 0 Å². The van der Waals surface area contributed by atoms with Crippen molar-refractivity contribution in [2.24, 2.45) is 5.41 Å². The van der Waals surface area contributed by atoms with E-state index in [1.165, 1.54) is 6.07 Å². The van der Waals surface area contributed by atoms with E-state index >= 15 is 0 Å². The average molecular weight is 292 g/mol. The summed E-state index contributed by atoms with van der Waals surface area (Å²) in [6.07, 6.45) is 0. The van der Waals surface area contributed by atoms with Crippen LogP contribution in [-0.2, 0) is 10.0 Å². The van der Waals surface area contributed by atoms with Gasteiger partial charge in [0.1, 0.15) is 4.90 Å². The molecule has 0 fully saturated rings. The highest BCUT2D eigenvalue weighted by Crippen LogP contribution is 2.23. The third-order valence-corrected chi connectivity index (χ3v) is 4.43. The lowest BCUT2D eigenvalue weighted by atomic mass is 9.96. The SMILES string of the molecule is Cc1ccc(S(=O)(=O)NCC(C)(C)CO)c(Cl)c1. The van der Waals surface area contributed by atoms with Crippen LogP contribution in [-0.4, -0.2) is 26.7 Å². The third-order valence-electron chi connectivity index (χ3n) is 2.55. The summed E-state index contributed by atoms with van der Waals surface area (Å²) in [5.41, 5.74) is 0.388. The van der Waals surface area contributed by atoms with Gasteiger partial charge in [-0.05, 0) is 24.6 Å². The molecule has 0 aliphatic rings. The van der Waals surface area contributed by atoms with Crippen LogP contribution < -0.4 is 4.72 Å². The highest BCUT2D eigenvalue weighted by molar-refractivity contribution is 7.89. The van der Waals surface area contributed by atoms with E-state index in [4.69, 9.17) is 16.7 Å². The summed E-state index contributed by atoms with van der Waals surface area (Å²) in [5.74, 6) is 0. The van der Waals surface area contributed by atoms with Crippen LogP contribution >= 0.6 is 11.6 Å². The number of hydrogen-bond acceptors (Lipinski definition) is 3. The first-order chi connectivity index (χ1) is 8.18. The van der Waals surface area contributed by atoms with E-state index in [0.717, 1.165) is 5.56 Å². The molecule has 0 saturated heterocycles. The maximum atomic E-state index is 12.0. The maximum Gasteiger partial charge on any atom is 0.242 e. The molecule has 2 N–H and O–H groups in total. The van der Waals surface area contributed by atoms with Crippen molar-refractivity contribution in [1.29, 1.82) is 0 Å². The summed E-state index contributed by atoms with van der Waals surface area (Å²) in [6.45, 7) is 5.43. The molecule has 6 heteroatoms. The molecule has 0 radical (unpaired) electrons. The van der Waals surface area contributed by atoms with Gasteiger partial charge in [0, 0.05) is 18.6 Å². The third kappa shape index (κ3) is 3.95. The van der Waals surface area contributed by atoms with Crippen LogP contribution in [0.3, 0.4) is 0 Å². The predicted octanol–water partition coefficient (Wildman–Crippen LogP) is 1.95. The summed E-state index contributed by atoms with van der Waals surface area (Å²) < 4.78 is 26.6. The van der Waals surface area contributed by atoms with Crippen LogP contribution in [0.1, 0.15) is 19.4 Å². The van der Waals surface area contributed by atoms with E-state index in [1.807, 2.05) is 6.92 Å². The Morgan fingerprint density at radius 1 is 1.39 bits per heavy atom. The number of halogens is 1. The average Bonchev–Trinajstić information content (AvgIpc) is 2.26. The summed E-state index contributed by atoms with van der Waals surface area (Å²) in [4.78, 5) is 0.0588. The molecule has 0 heterocycles. The number of sulfonamides is 1. The molecule has 0 atom stereocenters. The molecule has 0 aliphatic carbocycles. The van der Waals surface area contributed by atoms with Gasteiger partial charge in [-0.3, -0.25) is 0 Å². The van der Waals surface area contributed by atoms with Crippen LogP contribution in [0.25, 0.3) is 0 Å². The lowest BCUT2D eigenvalue weighted by Gasteiger charge is -2.22. The molecule has 102 valence electrons. The van der Waals surface area contributed by atoms with Crippen LogP contribution in [0.5, 0.6) is 0 Å². The number of nitrogens with one attached hydrogen (secondary N) is 1. The lowest BCUT2D eigenvalue weighted by Crippen LogP contribution is -2.36. The quantitative estimate of drug-likeness (QED) is 0.871. The molecule has 1 aromatic carbocycles. The van der Waals surface area contributed by atoms with Gasteiger partial charge in [-0.25, -0.2) is 13.1 Å². The van der Waals surface area contributed by atoms with E-state index in [0.29, 0.717) is 0 Å². The Morgan fingerprint density at radius 2 is 2.00 bits per heavy atom. The van der Waals surface area contributed by atoms with Crippen molar-refractivity contribution in [2.45, 2.75) is 25.7 Å². The van der Waals surface area contributed by atoms with Gasteiger partial charge < -0.3 is 5.11 Å². The molecule has 18 heavy (non-hydrogen) atoms. The van der Waals surface area contributed by atoms with Crippen LogP contribution in [0.4, 0.5) is 0 Å². The van der Waals surface area contributed by atoms with Crippen LogP contribution in [0.15, 0.2) is 23.1 Å². The number of rotatable bonds is 5. The minimum Gasteiger partial charge on any atom is -0.396 e. The fourth-order valence-corrected chi connectivity index (χ4v) is 3.09. The molecular formula is C12H18ClNO3S. The molecule has 0 aliphatic heterocycles. The number of benzene rings is 1. The first-order valence-corrected chi connectivity index (χ1v) is 7.41. The van der Waals surface area contributed by atoms with Gasteiger partial charge in [0.05, 0.1) is 5.02 Å². The Hall–Kier alpha value is -0.620. The van der Waals surface area contributed by atoms with E-state index in [1.54, 1.807) is 26.0 Å². The maximum absolute atomic E-state index is 12.0. The zero-order chi connectivity index (χ0) is 14.0. The number of aliphatic hydroxyl groups excluding tert-OH is 1. The Kier molecular flexibility index (Phi) is 4.78. The van der Waals surface area contributed by atoms with Crippen molar-refractivity contribution >= 4 is 21.6 Å².